The number of nitrogens with one attached hydrogen (secondary N) is 1. The van der Waals surface area contributed by atoms with Gasteiger partial charge in [-0.15, -0.1) is 0 Å². The van der Waals surface area contributed by atoms with Crippen molar-refractivity contribution in [3.63, 3.8) is 0 Å². The first-order valence-electron chi connectivity index (χ1n) is 12.3. The highest BCUT2D eigenvalue weighted by molar-refractivity contribution is 7.93. The number of rotatable bonds is 9. The van der Waals surface area contributed by atoms with Gasteiger partial charge in [-0.25, -0.2) is 8.42 Å². The van der Waals surface area contributed by atoms with Crippen molar-refractivity contribution in [1.29, 1.82) is 0 Å². The van der Waals surface area contributed by atoms with Crippen molar-refractivity contribution in [2.24, 2.45) is 0 Å². The highest BCUT2D eigenvalue weighted by atomic mass is 32.2. The van der Waals surface area contributed by atoms with Crippen molar-refractivity contribution in [3.8, 4) is 5.75 Å². The summed E-state index contributed by atoms with van der Waals surface area (Å²) >= 11 is 0. The number of nitrogens with zero attached hydrogens (tertiary/aromatic N) is 1. The topological polar surface area (TPSA) is 75.7 Å². The summed E-state index contributed by atoms with van der Waals surface area (Å²) < 4.78 is 34.7. The van der Waals surface area contributed by atoms with E-state index in [-0.39, 0.29) is 10.6 Å². The molecule has 0 saturated heterocycles. The van der Waals surface area contributed by atoms with Crippen LogP contribution in [0.25, 0.3) is 0 Å². The highest BCUT2D eigenvalue weighted by Gasteiger charge is 2.31. The molecular weight excluding hydrogens is 496 g/mol. The number of methoxy groups -OCH3 is 1. The van der Waals surface area contributed by atoms with Crippen LogP contribution < -0.4 is 14.4 Å². The number of benzene rings is 4. The molecule has 4 aromatic carbocycles. The molecule has 7 heteroatoms. The molecule has 0 unspecified atom stereocenters. The van der Waals surface area contributed by atoms with Gasteiger partial charge in [0.15, 0.2) is 0 Å². The highest BCUT2D eigenvalue weighted by Crippen LogP contribution is 2.32. The molecule has 0 atom stereocenters. The molecule has 0 bridgehead atoms. The van der Waals surface area contributed by atoms with Crippen molar-refractivity contribution >= 4 is 21.6 Å². The van der Waals surface area contributed by atoms with E-state index in [0.29, 0.717) is 5.69 Å². The fraction of sp³-hybridized carbons (Fsp3) is 0.194. The quantitative estimate of drug-likeness (QED) is 0.301. The molecule has 0 saturated carbocycles. The predicted octanol–water partition coefficient (Wildman–Crippen LogP) is 5.72. The largest absolute Gasteiger partial charge is 0.495 e. The van der Waals surface area contributed by atoms with Crippen LogP contribution in [-0.2, 0) is 14.8 Å². The van der Waals surface area contributed by atoms with Crippen molar-refractivity contribution in [1.82, 2.24) is 5.32 Å². The van der Waals surface area contributed by atoms with Crippen LogP contribution in [0.4, 0.5) is 5.69 Å². The molecular formula is C31H32N2O4S. The second-order valence-corrected chi connectivity index (χ2v) is 11.1. The Morgan fingerprint density at radius 3 is 1.97 bits per heavy atom. The molecule has 0 fully saturated rings. The Labute approximate surface area is 225 Å². The lowest BCUT2D eigenvalue weighted by Crippen LogP contribution is -2.42. The molecule has 6 nitrogen and oxygen atoms in total. The van der Waals surface area contributed by atoms with E-state index >= 15 is 0 Å². The maximum atomic E-state index is 14.1. The molecule has 1 amide bonds. The molecule has 38 heavy (non-hydrogen) atoms. The van der Waals surface area contributed by atoms with Gasteiger partial charge >= 0.3 is 0 Å². The van der Waals surface area contributed by atoms with Crippen LogP contribution in [0, 0.1) is 20.8 Å². The predicted molar refractivity (Wildman–Crippen MR) is 151 cm³/mol. The minimum Gasteiger partial charge on any atom is -0.495 e. The zero-order valence-corrected chi connectivity index (χ0v) is 22.8. The Morgan fingerprint density at radius 1 is 0.816 bits per heavy atom. The molecule has 0 aliphatic heterocycles. The average Bonchev–Trinajstić information content (AvgIpc) is 2.93. The van der Waals surface area contributed by atoms with Gasteiger partial charge in [-0.2, -0.15) is 0 Å². The number of sulfonamides is 1. The zero-order valence-electron chi connectivity index (χ0n) is 22.0. The summed E-state index contributed by atoms with van der Waals surface area (Å²) in [6, 6.07) is 29.1. The molecule has 0 aliphatic carbocycles. The minimum absolute atomic E-state index is 0.00805. The SMILES string of the molecule is COc1ccc(C)cc1S(=O)(=O)N(CC(=O)NC(c1ccccc1)c1ccccc1)c1ccc(C)c(C)c1. The lowest BCUT2D eigenvalue weighted by molar-refractivity contribution is -0.120. The molecule has 0 aliphatic rings. The zero-order chi connectivity index (χ0) is 27.3. The van der Waals surface area contributed by atoms with Crippen LogP contribution in [0.1, 0.15) is 33.9 Å². The van der Waals surface area contributed by atoms with E-state index in [1.807, 2.05) is 87.5 Å². The second kappa shape index (κ2) is 11.5. The van der Waals surface area contributed by atoms with Gasteiger partial charge < -0.3 is 10.1 Å². The van der Waals surface area contributed by atoms with Crippen LogP contribution in [0.2, 0.25) is 0 Å². The number of hydrogen-bond donors (Lipinski definition) is 1. The Kier molecular flexibility index (Phi) is 8.17. The van der Waals surface area contributed by atoms with Crippen LogP contribution >= 0.6 is 0 Å². The molecule has 196 valence electrons. The first kappa shape index (κ1) is 26.9. The van der Waals surface area contributed by atoms with Crippen molar-refractivity contribution in [2.45, 2.75) is 31.7 Å². The monoisotopic (exact) mass is 528 g/mol. The number of anilines is 1. The first-order valence-corrected chi connectivity index (χ1v) is 13.8. The smallest absolute Gasteiger partial charge is 0.268 e. The number of amides is 1. The summed E-state index contributed by atoms with van der Waals surface area (Å²) in [4.78, 5) is 13.6. The summed E-state index contributed by atoms with van der Waals surface area (Å²) in [5, 5.41) is 3.06. The van der Waals surface area contributed by atoms with E-state index < -0.39 is 28.5 Å². The Balaban J connectivity index is 1.75. The van der Waals surface area contributed by atoms with Crippen molar-refractivity contribution in [2.75, 3.05) is 18.0 Å². The van der Waals surface area contributed by atoms with Gasteiger partial charge in [0, 0.05) is 0 Å². The standard InChI is InChI=1S/C31H32N2O4S/c1-22-15-18-28(37-4)29(19-22)38(35,36)33(27-17-16-23(2)24(3)20-27)21-30(34)32-31(25-11-7-5-8-12-25)26-13-9-6-10-14-26/h5-20,31H,21H2,1-4H3,(H,32,34). The lowest BCUT2D eigenvalue weighted by Gasteiger charge is -2.27. The van der Waals surface area contributed by atoms with E-state index in [9.17, 15) is 13.2 Å². The fourth-order valence-electron chi connectivity index (χ4n) is 4.29. The van der Waals surface area contributed by atoms with Crippen LogP contribution in [-0.4, -0.2) is 28.0 Å². The molecule has 0 radical (unpaired) electrons. The lowest BCUT2D eigenvalue weighted by atomic mass is 9.99. The maximum absolute atomic E-state index is 14.1. The van der Waals surface area contributed by atoms with E-state index in [2.05, 4.69) is 5.32 Å². The van der Waals surface area contributed by atoms with Crippen LogP contribution in [0.15, 0.2) is 102 Å². The van der Waals surface area contributed by atoms with Gasteiger partial charge in [-0.3, -0.25) is 9.10 Å². The number of carbonyl (C=O) groups excluding carboxylic acids is 1. The molecule has 1 N–H and O–H groups in total. The summed E-state index contributed by atoms with van der Waals surface area (Å²) in [5.41, 5.74) is 4.91. The third-order valence-corrected chi connectivity index (χ3v) is 8.32. The summed E-state index contributed by atoms with van der Waals surface area (Å²) in [6.45, 7) is 5.28. The maximum Gasteiger partial charge on any atom is 0.268 e. The molecule has 0 spiro atoms. The molecule has 4 rings (SSSR count). The number of hydrogen-bond acceptors (Lipinski definition) is 4. The number of ether oxygens (including phenoxy) is 1. The van der Waals surface area contributed by atoms with E-state index in [4.69, 9.17) is 4.74 Å². The molecule has 0 heterocycles. The van der Waals surface area contributed by atoms with Gasteiger partial charge in [0.1, 0.15) is 17.2 Å². The fourth-order valence-corrected chi connectivity index (χ4v) is 5.94. The minimum atomic E-state index is -4.16. The number of carbonyl (C=O) groups is 1. The van der Waals surface area contributed by atoms with E-state index in [0.717, 1.165) is 32.1 Å². The van der Waals surface area contributed by atoms with Crippen molar-refractivity contribution < 1.29 is 17.9 Å². The third kappa shape index (κ3) is 5.89. The Morgan fingerprint density at radius 2 is 1.42 bits per heavy atom. The average molecular weight is 529 g/mol. The van der Waals surface area contributed by atoms with Gasteiger partial charge in [-0.05, 0) is 72.9 Å². The van der Waals surface area contributed by atoms with E-state index in [1.165, 1.54) is 7.11 Å². The molecule has 0 aromatic heterocycles. The summed E-state index contributed by atoms with van der Waals surface area (Å²) in [7, 11) is -2.73. The Bertz CT molecular complexity index is 1480. The van der Waals surface area contributed by atoms with Gasteiger partial charge in [0.2, 0.25) is 5.91 Å². The summed E-state index contributed by atoms with van der Waals surface area (Å²) in [6.07, 6.45) is 0. The number of aryl methyl sites for hydroxylation is 3. The van der Waals surface area contributed by atoms with E-state index in [1.54, 1.807) is 30.3 Å². The molecule has 4 aromatic rings. The van der Waals surface area contributed by atoms with Gasteiger partial charge in [-0.1, -0.05) is 72.8 Å². The first-order chi connectivity index (χ1) is 18.2. The van der Waals surface area contributed by atoms with Crippen LogP contribution in [0.3, 0.4) is 0 Å². The van der Waals surface area contributed by atoms with Crippen molar-refractivity contribution in [3.05, 3.63) is 125 Å². The van der Waals surface area contributed by atoms with Gasteiger partial charge in [0.05, 0.1) is 18.8 Å². The van der Waals surface area contributed by atoms with Gasteiger partial charge in [0.25, 0.3) is 10.0 Å². The third-order valence-electron chi connectivity index (χ3n) is 6.52. The summed E-state index contributed by atoms with van der Waals surface area (Å²) in [5.74, 6) is -0.215. The normalized spacial score (nSPS) is 11.3. The second-order valence-electron chi connectivity index (χ2n) is 9.26. The Hall–Kier alpha value is -4.10. The van der Waals surface area contributed by atoms with Crippen LogP contribution in [0.5, 0.6) is 5.75 Å².